The number of esters is 1. The molecular weight excluding hydrogens is 396 g/mol. The molecule has 1 aromatic carbocycles. The molecule has 1 aromatic rings. The number of rotatable bonds is 9. The van der Waals surface area contributed by atoms with Crippen molar-refractivity contribution >= 4 is 17.8 Å². The van der Waals surface area contributed by atoms with E-state index in [1.54, 1.807) is 12.0 Å². The van der Waals surface area contributed by atoms with Gasteiger partial charge in [-0.15, -0.1) is 0 Å². The summed E-state index contributed by atoms with van der Waals surface area (Å²) in [6.45, 7) is 1.36. The molecule has 7 nitrogen and oxygen atoms in total. The summed E-state index contributed by atoms with van der Waals surface area (Å²) < 4.78 is 10.3. The number of benzene rings is 1. The molecule has 31 heavy (non-hydrogen) atoms. The first kappa shape index (κ1) is 23.0. The second kappa shape index (κ2) is 10.6. The van der Waals surface area contributed by atoms with Crippen LogP contribution in [0, 0.1) is 11.3 Å². The summed E-state index contributed by atoms with van der Waals surface area (Å²) in [6.07, 6.45) is 5.66. The lowest BCUT2D eigenvalue weighted by Crippen LogP contribution is -2.41. The van der Waals surface area contributed by atoms with E-state index in [2.05, 4.69) is 5.32 Å². The number of likely N-dealkylation sites (tertiary alicyclic amines) is 1. The van der Waals surface area contributed by atoms with E-state index >= 15 is 0 Å². The molecular formula is C24H32N2O5. The van der Waals surface area contributed by atoms with Gasteiger partial charge in [0.1, 0.15) is 5.41 Å². The topological polar surface area (TPSA) is 84.9 Å². The molecule has 1 aliphatic carbocycles. The zero-order valence-corrected chi connectivity index (χ0v) is 18.4. The average Bonchev–Trinajstić information content (AvgIpc) is 2.93. The maximum atomic E-state index is 13.5. The number of fused-ring (bicyclic) bond motifs is 1. The van der Waals surface area contributed by atoms with Gasteiger partial charge in [0, 0.05) is 38.9 Å². The van der Waals surface area contributed by atoms with E-state index in [4.69, 9.17) is 9.47 Å². The second-order valence-electron chi connectivity index (χ2n) is 8.15. The summed E-state index contributed by atoms with van der Waals surface area (Å²) in [6, 6.07) is 9.60. The zero-order valence-electron chi connectivity index (χ0n) is 18.4. The van der Waals surface area contributed by atoms with Gasteiger partial charge in [0.05, 0.1) is 13.0 Å². The Hall–Kier alpha value is -2.67. The van der Waals surface area contributed by atoms with Gasteiger partial charge in [0.25, 0.3) is 0 Å². The quantitative estimate of drug-likeness (QED) is 0.483. The summed E-state index contributed by atoms with van der Waals surface area (Å²) in [7, 11) is 2.97. The normalized spacial score (nSPS) is 23.0. The number of ether oxygens (including phenoxy) is 2. The average molecular weight is 429 g/mol. The Balaban J connectivity index is 1.85. The van der Waals surface area contributed by atoms with Crippen molar-refractivity contribution < 1.29 is 23.9 Å². The van der Waals surface area contributed by atoms with Gasteiger partial charge in [0.2, 0.25) is 11.8 Å². The molecule has 0 radical (unpaired) electrons. The van der Waals surface area contributed by atoms with Crippen molar-refractivity contribution in [2.24, 2.45) is 11.3 Å². The predicted molar refractivity (Wildman–Crippen MR) is 116 cm³/mol. The monoisotopic (exact) mass is 428 g/mol. The fraction of sp³-hybridized carbons (Fsp3) is 0.542. The van der Waals surface area contributed by atoms with Gasteiger partial charge in [-0.1, -0.05) is 42.8 Å². The Morgan fingerprint density at radius 3 is 2.68 bits per heavy atom. The maximum absolute atomic E-state index is 13.5. The number of carbonyl (C=O) groups is 3. The molecule has 0 saturated carbocycles. The summed E-state index contributed by atoms with van der Waals surface area (Å²) in [5.74, 6) is -1.61. The Morgan fingerprint density at radius 2 is 1.97 bits per heavy atom. The number of amides is 2. The predicted octanol–water partition coefficient (Wildman–Crippen LogP) is 2.81. The van der Waals surface area contributed by atoms with Crippen LogP contribution in [0.4, 0.5) is 0 Å². The SMILES string of the molecule is COCCCN1C(=O)[C@H](CC(=O)NCc2ccccc2)[C@]2(C(=O)OC)CCCCC=C12. The molecule has 1 N–H and O–H groups in total. The van der Waals surface area contributed by atoms with Crippen molar-refractivity contribution in [3.8, 4) is 0 Å². The van der Waals surface area contributed by atoms with Crippen LogP contribution in [0.3, 0.4) is 0 Å². The minimum absolute atomic E-state index is 0.0428. The number of nitrogens with one attached hydrogen (secondary N) is 1. The highest BCUT2D eigenvalue weighted by atomic mass is 16.5. The molecule has 2 atom stereocenters. The van der Waals surface area contributed by atoms with Gasteiger partial charge in [-0.05, 0) is 31.2 Å². The van der Waals surface area contributed by atoms with E-state index in [1.165, 1.54) is 7.11 Å². The van der Waals surface area contributed by atoms with Crippen molar-refractivity contribution in [1.82, 2.24) is 10.2 Å². The van der Waals surface area contributed by atoms with Crippen LogP contribution in [0.25, 0.3) is 0 Å². The lowest BCUT2D eigenvalue weighted by molar-refractivity contribution is -0.155. The minimum atomic E-state index is -1.10. The molecule has 2 aliphatic rings. The number of methoxy groups -OCH3 is 2. The van der Waals surface area contributed by atoms with E-state index in [-0.39, 0.29) is 18.2 Å². The molecule has 7 heteroatoms. The number of allylic oxidation sites excluding steroid dienone is 1. The van der Waals surface area contributed by atoms with Gasteiger partial charge in [-0.25, -0.2) is 0 Å². The van der Waals surface area contributed by atoms with Crippen LogP contribution < -0.4 is 5.32 Å². The second-order valence-corrected chi connectivity index (χ2v) is 8.15. The van der Waals surface area contributed by atoms with Gasteiger partial charge in [-0.2, -0.15) is 0 Å². The van der Waals surface area contributed by atoms with Crippen molar-refractivity contribution in [3.05, 3.63) is 47.7 Å². The first-order valence-corrected chi connectivity index (χ1v) is 10.9. The van der Waals surface area contributed by atoms with E-state index in [0.29, 0.717) is 38.2 Å². The van der Waals surface area contributed by atoms with E-state index in [9.17, 15) is 14.4 Å². The van der Waals surface area contributed by atoms with Crippen molar-refractivity contribution in [1.29, 1.82) is 0 Å². The number of hydrogen-bond donors (Lipinski definition) is 1. The molecule has 0 unspecified atom stereocenters. The van der Waals surface area contributed by atoms with Crippen molar-refractivity contribution in [2.75, 3.05) is 27.4 Å². The number of hydrogen-bond acceptors (Lipinski definition) is 5. The van der Waals surface area contributed by atoms with Gasteiger partial charge >= 0.3 is 5.97 Å². The molecule has 1 heterocycles. The Bertz CT molecular complexity index is 823. The van der Waals surface area contributed by atoms with Crippen LogP contribution in [-0.4, -0.2) is 50.1 Å². The molecule has 2 amide bonds. The van der Waals surface area contributed by atoms with Gasteiger partial charge in [0.15, 0.2) is 0 Å². The molecule has 0 aromatic heterocycles. The third-order valence-electron chi connectivity index (χ3n) is 6.27. The van der Waals surface area contributed by atoms with Gasteiger partial charge in [-0.3, -0.25) is 14.4 Å². The smallest absolute Gasteiger partial charge is 0.318 e. The van der Waals surface area contributed by atoms with Crippen LogP contribution in [0.5, 0.6) is 0 Å². The highest BCUT2D eigenvalue weighted by Gasteiger charge is 2.61. The van der Waals surface area contributed by atoms with Crippen molar-refractivity contribution in [2.45, 2.75) is 45.1 Å². The van der Waals surface area contributed by atoms with Crippen molar-refractivity contribution in [3.63, 3.8) is 0 Å². The van der Waals surface area contributed by atoms with Gasteiger partial charge < -0.3 is 19.7 Å². The number of nitrogens with zero attached hydrogens (tertiary/aromatic N) is 1. The fourth-order valence-corrected chi connectivity index (χ4v) is 4.76. The van der Waals surface area contributed by atoms with Crippen LogP contribution in [-0.2, 0) is 30.4 Å². The molecule has 0 bridgehead atoms. The van der Waals surface area contributed by atoms with Crippen LogP contribution in [0.2, 0.25) is 0 Å². The van der Waals surface area contributed by atoms with E-state index < -0.39 is 17.3 Å². The lowest BCUT2D eigenvalue weighted by Gasteiger charge is -2.31. The molecule has 1 saturated heterocycles. The largest absolute Gasteiger partial charge is 0.468 e. The highest BCUT2D eigenvalue weighted by Crippen LogP contribution is 2.52. The fourth-order valence-electron chi connectivity index (χ4n) is 4.76. The highest BCUT2D eigenvalue weighted by molar-refractivity contribution is 5.98. The summed E-state index contributed by atoms with van der Waals surface area (Å²) in [5.41, 5.74) is 0.589. The third-order valence-corrected chi connectivity index (χ3v) is 6.27. The van der Waals surface area contributed by atoms with E-state index in [0.717, 1.165) is 24.8 Å². The number of carbonyl (C=O) groups excluding carboxylic acids is 3. The summed E-state index contributed by atoms with van der Waals surface area (Å²) in [4.78, 5) is 41.1. The molecule has 0 spiro atoms. The zero-order chi connectivity index (χ0) is 22.3. The summed E-state index contributed by atoms with van der Waals surface area (Å²) in [5, 5.41) is 2.90. The third kappa shape index (κ3) is 4.82. The maximum Gasteiger partial charge on any atom is 0.318 e. The minimum Gasteiger partial charge on any atom is -0.468 e. The molecule has 3 rings (SSSR count). The lowest BCUT2D eigenvalue weighted by atomic mass is 9.71. The van der Waals surface area contributed by atoms with Crippen LogP contribution in [0.1, 0.15) is 44.1 Å². The van der Waals surface area contributed by atoms with E-state index in [1.807, 2.05) is 36.4 Å². The van der Waals surface area contributed by atoms with Crippen LogP contribution in [0.15, 0.2) is 42.1 Å². The van der Waals surface area contributed by atoms with Crippen LogP contribution >= 0.6 is 0 Å². The Labute approximate surface area is 183 Å². The first-order valence-electron chi connectivity index (χ1n) is 10.9. The summed E-state index contributed by atoms with van der Waals surface area (Å²) >= 11 is 0. The standard InChI is InChI=1S/C24H32N2O5/c1-30-15-9-14-26-20-12-7-4-8-13-24(20,23(29)31-2)19(22(26)28)16-21(27)25-17-18-10-5-3-6-11-18/h3,5-6,10-12,19H,4,7-9,13-17H2,1-2H3,(H,25,27)/t19-,24+/m0/s1. The molecule has 1 aliphatic heterocycles. The Morgan fingerprint density at radius 1 is 1.19 bits per heavy atom. The molecule has 168 valence electrons. The Kier molecular flexibility index (Phi) is 7.85. The first-order chi connectivity index (χ1) is 15.0. The molecule has 1 fully saturated rings.